The Morgan fingerprint density at radius 3 is 1.11 bits per heavy atom. The van der Waals surface area contributed by atoms with Gasteiger partial charge in [0, 0.05) is 128 Å². The molecule has 2 fully saturated rings. The largest absolute Gasteiger partial charge is 2.00 e. The van der Waals surface area contributed by atoms with Gasteiger partial charge in [0.1, 0.15) is 57.1 Å². The summed E-state index contributed by atoms with van der Waals surface area (Å²) in [6, 6.07) is 77.3. The van der Waals surface area contributed by atoms with Crippen LogP contribution >= 0.6 is 72.3 Å². The van der Waals surface area contributed by atoms with Crippen molar-refractivity contribution in [3.05, 3.63) is 328 Å². The van der Waals surface area contributed by atoms with Crippen LogP contribution in [0.3, 0.4) is 0 Å². The maximum atomic E-state index is 12.2. The van der Waals surface area contributed by atoms with Gasteiger partial charge in [0.25, 0.3) is 0 Å². The number of rotatable bonds is 22. The van der Waals surface area contributed by atoms with Crippen molar-refractivity contribution < 1.29 is 90.6 Å². The smallest absolute Gasteiger partial charge is 0.781 e. The fourth-order valence-corrected chi connectivity index (χ4v) is 18.8. The molecule has 28 heteroatoms. The number of thiol groups is 2. The van der Waals surface area contributed by atoms with Crippen LogP contribution in [0.5, 0.6) is 34.5 Å². The van der Waals surface area contributed by atoms with Gasteiger partial charge in [0.2, 0.25) is 11.6 Å². The number of hydrogen-bond donors (Lipinski definition) is 10. The molecule has 11 aromatic carbocycles. The standard InChI is InChI=1S/C19H23NO2S2.C18H17NO4.C16H17NO3.C16H17NOS2.C10H12OS2.C9H13NO.C7H6O2.C3H8S2.Pt/c1-20(2)16-8-4-14(5-9-16)18(22)19(23-12-3-13-24-19)15-6-10-17(21)11-7-15;1-12(20)23-16-10-6-14(7-11-16)18(22)17(21)13-4-8-15(9-5-13)19(2)3;2*1-17(2)13-7-3-11(4-8-13)15(19)16(20)12-5-9-14(18)10-6-12;11-9-4-2-8(3-5-9)10-12-6-1-7-13-10;1-10(2)9-5-3-8(7-11)4-6-9;8-5-6-1-3-7(9)4-2-6;4-2-1-3-5;/h4-11,18,21-22H,3,12-13H2,1-2H3;4-11H,1-3H3;3-10,15,18-19H,1-2H3;3-10,18-20H,1-2H3;2-5,10-11H,1,6-7H2;3-6,11H,7H2,1-2H3;1-5,9H;4-5H,1-3H2;/q;;;;;;;;+2/p-2. The first kappa shape index (κ1) is 107. The first-order valence-electron chi connectivity index (χ1n) is 39.7. The third-order valence-corrected chi connectivity index (χ3v) is 26.7. The van der Waals surface area contributed by atoms with E-state index in [0.717, 1.165) is 98.4 Å². The van der Waals surface area contributed by atoms with Crippen LogP contribution in [-0.4, -0.2) is 175 Å². The Hall–Kier alpha value is -9.58. The quantitative estimate of drug-likeness (QED) is 0.00441. The third kappa shape index (κ3) is 35.2. The number of ether oxygens (including phenoxy) is 1. The molecule has 8 N–H and O–H groups in total. The monoisotopic (exact) mass is 2030 g/mol. The van der Waals surface area contributed by atoms with E-state index in [9.17, 15) is 49.5 Å². The molecular formula is C98H111N5O14PtS8. The number of benzene rings is 11. The summed E-state index contributed by atoms with van der Waals surface area (Å²) < 4.78 is 5.04. The van der Waals surface area contributed by atoms with Crippen LogP contribution in [-0.2, 0) is 61.8 Å². The van der Waals surface area contributed by atoms with E-state index in [1.165, 1.54) is 91.1 Å². The van der Waals surface area contributed by atoms with Gasteiger partial charge < -0.3 is 95.3 Å². The second-order valence-electron chi connectivity index (χ2n) is 29.1. The average molecular weight is 2030 g/mol. The number of aldehydes is 1. The zero-order chi connectivity index (χ0) is 91.7. The molecule has 13 rings (SSSR count). The number of aliphatic hydroxyl groups excluding tert-OH is 3. The van der Waals surface area contributed by atoms with Crippen molar-refractivity contribution in [3.63, 3.8) is 0 Å². The second kappa shape index (κ2) is 55.9. The number of nitrogens with zero attached hydrogens (tertiary/aromatic N) is 5. The summed E-state index contributed by atoms with van der Waals surface area (Å²) in [5.74, 6) is 5.93. The Labute approximate surface area is 795 Å². The Balaban J connectivity index is 0.000000263. The second-order valence-corrected chi connectivity index (χ2v) is 36.4. The summed E-state index contributed by atoms with van der Waals surface area (Å²) in [6.07, 6.45) is 2.53. The summed E-state index contributed by atoms with van der Waals surface area (Å²) in [5.41, 5.74) is 13.5. The molecule has 0 spiro atoms. The molecule has 19 nitrogen and oxygen atoms in total. The number of Topliss-reactive ketones (excluding diaryl/α,β-unsaturated/α-hetero) is 3. The molecule has 0 radical (unpaired) electrons. The fourth-order valence-electron chi connectivity index (χ4n) is 11.4. The maximum Gasteiger partial charge on any atom is 2.00 e. The number of phenolic OH excluding ortho intramolecular Hbond substituents is 5. The van der Waals surface area contributed by atoms with Gasteiger partial charge in [-0.2, -0.15) is 35.1 Å². The van der Waals surface area contributed by atoms with Crippen molar-refractivity contribution in [1.29, 1.82) is 0 Å². The molecule has 2 unspecified atom stereocenters. The van der Waals surface area contributed by atoms with Gasteiger partial charge in [-0.1, -0.05) is 84.9 Å². The summed E-state index contributed by atoms with van der Waals surface area (Å²) >= 11 is 26.4. The molecule has 670 valence electrons. The van der Waals surface area contributed by atoms with Crippen molar-refractivity contribution >= 4 is 165 Å². The van der Waals surface area contributed by atoms with E-state index in [4.69, 9.17) is 45.3 Å². The number of anilines is 5. The van der Waals surface area contributed by atoms with Crippen LogP contribution in [0.15, 0.2) is 267 Å². The number of phenols is 5. The van der Waals surface area contributed by atoms with Crippen molar-refractivity contribution in [2.75, 3.05) is 129 Å². The minimum atomic E-state index is -1.20. The van der Waals surface area contributed by atoms with E-state index >= 15 is 0 Å². The van der Waals surface area contributed by atoms with E-state index < -0.39 is 33.8 Å². The van der Waals surface area contributed by atoms with E-state index in [0.29, 0.717) is 48.1 Å². The summed E-state index contributed by atoms with van der Waals surface area (Å²) in [4.78, 5) is 68.7. The molecular weight excluding hydrogens is 1920 g/mol. The van der Waals surface area contributed by atoms with Crippen LogP contribution in [0.1, 0.15) is 123 Å². The Morgan fingerprint density at radius 1 is 0.437 bits per heavy atom. The van der Waals surface area contributed by atoms with Crippen LogP contribution in [0.4, 0.5) is 28.4 Å². The Morgan fingerprint density at radius 2 is 0.754 bits per heavy atom. The number of thioether (sulfide) groups is 4. The van der Waals surface area contributed by atoms with Crippen molar-refractivity contribution in [2.45, 2.75) is 53.7 Å². The van der Waals surface area contributed by atoms with E-state index in [1.807, 2.05) is 223 Å². The normalized spacial score (nSPS) is 12.8. The van der Waals surface area contributed by atoms with Crippen LogP contribution < -0.4 is 29.2 Å². The molecule has 0 amide bonds. The van der Waals surface area contributed by atoms with E-state index in [-0.39, 0.29) is 62.0 Å². The molecule has 0 bridgehead atoms. The SMILES string of the molecule is CC(=O)Oc1ccc(C(=O)C(=O)c2ccc(N(C)C)cc2)cc1.CN(C)c1ccc(C(O)C(=O)c2ccc(O)cc2)cc1.CN(C)c1ccc(C(O)C2(c3ccc(O)cc3)SCCCS2)cc1.CN(C)c1ccc(C([S-])=C([S-])c2ccc(O)cc2)cc1.CN(C)c1ccc(CO)cc1.O=Cc1ccc(O)cc1.Oc1ccc(C2SCCCS2)cc1.SCCCS.[Pt+2]. The number of carbonyl (C=O) groups excluding carboxylic acids is 5. The molecule has 2 heterocycles. The molecule has 2 saturated heterocycles. The van der Waals surface area contributed by atoms with Gasteiger partial charge in [-0.05, 0) is 275 Å². The molecule has 0 saturated carbocycles. The first-order valence-corrected chi connectivity index (χ1v) is 45.8. The molecule has 0 aromatic heterocycles. The van der Waals surface area contributed by atoms with Gasteiger partial charge >= 0.3 is 27.0 Å². The molecule has 2 aliphatic rings. The summed E-state index contributed by atoms with van der Waals surface area (Å²) in [6.45, 7) is 1.41. The van der Waals surface area contributed by atoms with Crippen LogP contribution in [0.2, 0.25) is 0 Å². The molecule has 2 aliphatic heterocycles. The van der Waals surface area contributed by atoms with E-state index in [1.54, 1.807) is 121 Å². The summed E-state index contributed by atoms with van der Waals surface area (Å²) in [7, 11) is 19.6. The number of aliphatic hydroxyl groups is 3. The van der Waals surface area contributed by atoms with Gasteiger partial charge in [0.05, 0.1) is 11.2 Å². The Bertz CT molecular complexity index is 5090. The zero-order valence-electron chi connectivity index (χ0n) is 72.2. The minimum Gasteiger partial charge on any atom is -0.781 e. The van der Waals surface area contributed by atoms with E-state index in [2.05, 4.69) is 30.2 Å². The van der Waals surface area contributed by atoms with Gasteiger partial charge in [-0.25, -0.2) is 0 Å². The van der Waals surface area contributed by atoms with Gasteiger partial charge in [-0.3, -0.25) is 24.0 Å². The number of carbonyl (C=O) groups is 5. The maximum absolute atomic E-state index is 12.2. The molecule has 126 heavy (non-hydrogen) atoms. The number of esters is 1. The Kier molecular flexibility index (Phi) is 47.4. The number of aromatic hydroxyl groups is 5. The minimum absolute atomic E-state index is 0. The third-order valence-electron chi connectivity index (χ3n) is 18.6. The zero-order valence-corrected chi connectivity index (χ0v) is 81.2. The topological polar surface area (TPSA) is 273 Å². The predicted octanol–water partition coefficient (Wildman–Crippen LogP) is 19.7. The van der Waals surface area contributed by atoms with Crippen LogP contribution in [0, 0.1) is 0 Å². The van der Waals surface area contributed by atoms with Crippen molar-refractivity contribution in [1.82, 2.24) is 0 Å². The van der Waals surface area contributed by atoms with Crippen molar-refractivity contribution in [3.8, 4) is 34.5 Å². The fraction of sp³-hybridized carbons (Fsp3) is 0.255. The molecule has 0 aliphatic carbocycles. The van der Waals surface area contributed by atoms with Crippen molar-refractivity contribution in [2.24, 2.45) is 0 Å². The molecule has 2 atom stereocenters. The number of ketones is 3. The first-order chi connectivity index (χ1) is 59.7. The predicted molar refractivity (Wildman–Crippen MR) is 534 cm³/mol. The molecule has 11 aromatic rings. The number of hydrogen-bond acceptors (Lipinski definition) is 27. The van der Waals surface area contributed by atoms with Gasteiger partial charge in [0.15, 0.2) is 5.78 Å². The average Bonchev–Trinajstić information content (AvgIpc) is 0.767. The van der Waals surface area contributed by atoms with Gasteiger partial charge in [-0.15, -0.1) is 47.0 Å². The van der Waals surface area contributed by atoms with Crippen LogP contribution in [0.25, 0.3) is 9.81 Å². The summed E-state index contributed by atoms with van der Waals surface area (Å²) in [5, 5.41) is 76.1.